The third-order valence-corrected chi connectivity index (χ3v) is 4.14. The van der Waals surface area contributed by atoms with Crippen molar-refractivity contribution < 1.29 is 14.4 Å². The summed E-state index contributed by atoms with van der Waals surface area (Å²) in [7, 11) is 0. The zero-order valence-corrected chi connectivity index (χ0v) is 11.4. The van der Waals surface area contributed by atoms with Crippen molar-refractivity contribution in [2.24, 2.45) is 0 Å². The minimum Gasteiger partial charge on any atom is -0.465 e. The van der Waals surface area contributed by atoms with Crippen LogP contribution in [0.5, 0.6) is 0 Å². The van der Waals surface area contributed by atoms with Gasteiger partial charge in [0.1, 0.15) is 0 Å². The van der Waals surface area contributed by atoms with Crippen molar-refractivity contribution in [3.8, 4) is 11.4 Å². The van der Waals surface area contributed by atoms with Crippen molar-refractivity contribution in [3.05, 3.63) is 35.2 Å². The van der Waals surface area contributed by atoms with E-state index in [0.29, 0.717) is 11.7 Å². The smallest absolute Gasteiger partial charge is 0.405 e. The molecule has 1 heterocycles. The van der Waals surface area contributed by atoms with Gasteiger partial charge in [-0.15, -0.1) is 0 Å². The molecule has 0 radical (unpaired) electrons. The predicted molar refractivity (Wildman–Crippen MR) is 73.9 cm³/mol. The molecule has 2 aliphatic carbocycles. The van der Waals surface area contributed by atoms with E-state index in [0.717, 1.165) is 48.3 Å². The summed E-state index contributed by atoms with van der Waals surface area (Å²) >= 11 is 0. The molecular weight excluding hydrogens is 270 g/mol. The second-order valence-corrected chi connectivity index (χ2v) is 5.68. The average Bonchev–Trinajstić information content (AvgIpc) is 3.07. The first kappa shape index (κ1) is 12.4. The third-order valence-electron chi connectivity index (χ3n) is 4.14. The minimum absolute atomic E-state index is 0.112. The highest BCUT2D eigenvalue weighted by Gasteiger charge is 2.30. The van der Waals surface area contributed by atoms with Crippen molar-refractivity contribution in [1.29, 1.82) is 0 Å². The summed E-state index contributed by atoms with van der Waals surface area (Å²) in [6, 6.07) is 5.83. The highest BCUT2D eigenvalue weighted by atomic mass is 16.5. The summed E-state index contributed by atoms with van der Waals surface area (Å²) in [5.41, 5.74) is 3.14. The summed E-state index contributed by atoms with van der Waals surface area (Å²) in [6.07, 6.45) is 2.94. The quantitative estimate of drug-likeness (QED) is 0.905. The highest BCUT2D eigenvalue weighted by Crippen LogP contribution is 2.40. The molecular formula is C15H15N3O3. The van der Waals surface area contributed by atoms with E-state index in [-0.39, 0.29) is 6.04 Å². The van der Waals surface area contributed by atoms with Crippen LogP contribution in [0.15, 0.2) is 22.7 Å². The van der Waals surface area contributed by atoms with Crippen molar-refractivity contribution in [3.63, 3.8) is 0 Å². The Hall–Kier alpha value is -2.37. The Bertz CT molecular complexity index is 706. The molecule has 0 aliphatic heterocycles. The molecule has 21 heavy (non-hydrogen) atoms. The van der Waals surface area contributed by atoms with Crippen LogP contribution >= 0.6 is 0 Å². The lowest BCUT2D eigenvalue weighted by Crippen LogP contribution is -2.24. The van der Waals surface area contributed by atoms with Crippen LogP contribution in [-0.4, -0.2) is 21.3 Å². The topological polar surface area (TPSA) is 88.2 Å². The number of rotatable bonds is 3. The maximum absolute atomic E-state index is 10.8. The number of benzene rings is 1. The van der Waals surface area contributed by atoms with E-state index < -0.39 is 6.09 Å². The van der Waals surface area contributed by atoms with Gasteiger partial charge in [-0.3, -0.25) is 0 Å². The number of aromatic nitrogens is 2. The van der Waals surface area contributed by atoms with E-state index in [1.54, 1.807) is 0 Å². The number of hydrogen-bond donors (Lipinski definition) is 2. The third kappa shape index (κ3) is 2.26. The largest absolute Gasteiger partial charge is 0.465 e. The van der Waals surface area contributed by atoms with Gasteiger partial charge >= 0.3 is 6.09 Å². The Balaban J connectivity index is 1.61. The first-order valence-electron chi connectivity index (χ1n) is 7.17. The Morgan fingerprint density at radius 1 is 1.33 bits per heavy atom. The number of carboxylic acid groups (broad SMARTS) is 1. The minimum atomic E-state index is -0.982. The monoisotopic (exact) mass is 285 g/mol. The van der Waals surface area contributed by atoms with Crippen molar-refractivity contribution >= 4 is 6.09 Å². The molecule has 1 atom stereocenters. The number of nitrogens with one attached hydrogen (secondary N) is 1. The molecule has 1 aromatic heterocycles. The van der Waals surface area contributed by atoms with Crippen LogP contribution in [0, 0.1) is 0 Å². The second-order valence-electron chi connectivity index (χ2n) is 5.68. The normalized spacial score (nSPS) is 20.3. The molecule has 6 nitrogen and oxygen atoms in total. The Morgan fingerprint density at radius 2 is 2.19 bits per heavy atom. The summed E-state index contributed by atoms with van der Waals surface area (Å²) in [6.45, 7) is 0. The van der Waals surface area contributed by atoms with Gasteiger partial charge < -0.3 is 14.9 Å². The zero-order chi connectivity index (χ0) is 14.4. The van der Waals surface area contributed by atoms with Gasteiger partial charge in [-0.2, -0.15) is 4.98 Å². The molecule has 1 fully saturated rings. The van der Waals surface area contributed by atoms with Crippen LogP contribution in [0.25, 0.3) is 11.4 Å². The van der Waals surface area contributed by atoms with E-state index in [1.165, 1.54) is 0 Å². The lowest BCUT2D eigenvalue weighted by molar-refractivity contribution is 0.190. The molecule has 0 bridgehead atoms. The number of fused-ring (bicyclic) bond motifs is 1. The molecule has 1 saturated carbocycles. The fraction of sp³-hybridized carbons (Fsp3) is 0.400. The molecule has 108 valence electrons. The summed E-state index contributed by atoms with van der Waals surface area (Å²) in [4.78, 5) is 15.2. The van der Waals surface area contributed by atoms with Crippen molar-refractivity contribution in [2.75, 3.05) is 0 Å². The Morgan fingerprint density at radius 3 is 2.95 bits per heavy atom. The number of aryl methyl sites for hydroxylation is 1. The maximum atomic E-state index is 10.8. The first-order chi connectivity index (χ1) is 10.2. The summed E-state index contributed by atoms with van der Waals surface area (Å²) in [5.74, 6) is 1.80. The molecule has 2 N–H and O–H groups in total. The van der Waals surface area contributed by atoms with Gasteiger partial charge in [0, 0.05) is 11.5 Å². The van der Waals surface area contributed by atoms with Crippen LogP contribution in [0.4, 0.5) is 4.79 Å². The number of amides is 1. The zero-order valence-electron chi connectivity index (χ0n) is 11.4. The lowest BCUT2D eigenvalue weighted by Gasteiger charge is -2.11. The van der Waals surface area contributed by atoms with E-state index in [2.05, 4.69) is 15.5 Å². The van der Waals surface area contributed by atoms with Crippen LogP contribution in [0.2, 0.25) is 0 Å². The molecule has 1 aromatic carbocycles. The Kier molecular flexibility index (Phi) is 2.70. The fourth-order valence-corrected chi connectivity index (χ4v) is 2.90. The lowest BCUT2D eigenvalue weighted by atomic mass is 10.0. The van der Waals surface area contributed by atoms with Gasteiger partial charge in [0.15, 0.2) is 0 Å². The van der Waals surface area contributed by atoms with Gasteiger partial charge in [0.2, 0.25) is 11.7 Å². The standard InChI is InChI=1S/C15H15N3O3/c19-15(20)16-12-6-4-9-7-10(3-5-11(9)12)13-17-14(21-18-13)8-1-2-8/h3,5,7-8,12,16H,1-2,4,6H2,(H,19,20). The van der Waals surface area contributed by atoms with Gasteiger partial charge in [0.05, 0.1) is 6.04 Å². The number of nitrogens with zero attached hydrogens (tertiary/aromatic N) is 2. The van der Waals surface area contributed by atoms with Crippen LogP contribution in [-0.2, 0) is 6.42 Å². The highest BCUT2D eigenvalue weighted by molar-refractivity contribution is 5.66. The fourth-order valence-electron chi connectivity index (χ4n) is 2.90. The van der Waals surface area contributed by atoms with Crippen LogP contribution < -0.4 is 5.32 Å². The molecule has 2 aliphatic rings. The predicted octanol–water partition coefficient (Wildman–Crippen LogP) is 2.87. The molecule has 0 saturated heterocycles. The second kappa shape index (κ2) is 4.58. The summed E-state index contributed by atoms with van der Waals surface area (Å²) < 4.78 is 5.28. The molecule has 0 spiro atoms. The van der Waals surface area contributed by atoms with Gasteiger partial charge in [-0.05, 0) is 42.9 Å². The Labute approximate surface area is 121 Å². The van der Waals surface area contributed by atoms with Gasteiger partial charge in [0.25, 0.3) is 0 Å². The van der Waals surface area contributed by atoms with E-state index in [1.807, 2.05) is 18.2 Å². The van der Waals surface area contributed by atoms with Crippen molar-refractivity contribution in [1.82, 2.24) is 15.5 Å². The first-order valence-corrected chi connectivity index (χ1v) is 7.17. The van der Waals surface area contributed by atoms with E-state index in [9.17, 15) is 4.79 Å². The van der Waals surface area contributed by atoms with E-state index >= 15 is 0 Å². The van der Waals surface area contributed by atoms with Crippen molar-refractivity contribution in [2.45, 2.75) is 37.6 Å². The van der Waals surface area contributed by atoms with E-state index in [4.69, 9.17) is 9.63 Å². The summed E-state index contributed by atoms with van der Waals surface area (Å²) in [5, 5.41) is 15.4. The SMILES string of the molecule is O=C(O)NC1CCc2cc(-c3noc(C4CC4)n3)ccc21. The average molecular weight is 285 g/mol. The maximum Gasteiger partial charge on any atom is 0.405 e. The van der Waals surface area contributed by atoms with Gasteiger partial charge in [-0.1, -0.05) is 17.3 Å². The molecule has 1 unspecified atom stereocenters. The number of carbonyl (C=O) groups is 1. The van der Waals surface area contributed by atoms with Crippen LogP contribution in [0.1, 0.15) is 48.2 Å². The number of hydrogen-bond acceptors (Lipinski definition) is 4. The molecule has 4 rings (SSSR count). The molecule has 2 aromatic rings. The molecule has 6 heteroatoms. The molecule has 1 amide bonds. The van der Waals surface area contributed by atoms with Crippen LogP contribution in [0.3, 0.4) is 0 Å². The van der Waals surface area contributed by atoms with Gasteiger partial charge in [-0.25, -0.2) is 4.79 Å².